The first-order chi connectivity index (χ1) is 9.49. The zero-order valence-electron chi connectivity index (χ0n) is 12.1. The summed E-state index contributed by atoms with van der Waals surface area (Å²) in [6.45, 7) is 6.11. The molecule has 2 N–H and O–H groups in total. The van der Waals surface area contributed by atoms with Gasteiger partial charge in [-0.15, -0.1) is 0 Å². The molecule has 0 heterocycles. The topological polar surface area (TPSA) is 35.2 Å². The van der Waals surface area contributed by atoms with Crippen LogP contribution in [-0.4, -0.2) is 6.04 Å². The number of ether oxygens (including phenoxy) is 1. The van der Waals surface area contributed by atoms with Gasteiger partial charge in [0.15, 0.2) is 0 Å². The van der Waals surface area contributed by atoms with Gasteiger partial charge >= 0.3 is 0 Å². The van der Waals surface area contributed by atoms with Crippen LogP contribution in [0.4, 0.5) is 0 Å². The first kappa shape index (κ1) is 15.1. The second-order valence-corrected chi connectivity index (χ2v) is 6.02. The van der Waals surface area contributed by atoms with Gasteiger partial charge in [0.25, 0.3) is 0 Å². The predicted molar refractivity (Wildman–Crippen MR) is 87.1 cm³/mol. The summed E-state index contributed by atoms with van der Waals surface area (Å²) < 4.78 is 7.21. The van der Waals surface area contributed by atoms with Crippen LogP contribution in [-0.2, 0) is 0 Å². The van der Waals surface area contributed by atoms with Crippen molar-refractivity contribution >= 4 is 15.9 Å². The van der Waals surface area contributed by atoms with Crippen molar-refractivity contribution < 1.29 is 4.74 Å². The lowest BCUT2D eigenvalue weighted by molar-refractivity contribution is 0.179. The van der Waals surface area contributed by atoms with Crippen LogP contribution in [0, 0.1) is 13.8 Å². The van der Waals surface area contributed by atoms with Gasteiger partial charge in [-0.1, -0.05) is 40.2 Å². The lowest BCUT2D eigenvalue weighted by Gasteiger charge is -2.24. The summed E-state index contributed by atoms with van der Waals surface area (Å²) in [5.41, 5.74) is 9.61. The third-order valence-electron chi connectivity index (χ3n) is 3.36. The van der Waals surface area contributed by atoms with E-state index in [1.807, 2.05) is 44.2 Å². The van der Waals surface area contributed by atoms with E-state index in [1.54, 1.807) is 0 Å². The van der Waals surface area contributed by atoms with E-state index in [0.717, 1.165) is 21.3 Å². The van der Waals surface area contributed by atoms with E-state index in [2.05, 4.69) is 35.0 Å². The fourth-order valence-electron chi connectivity index (χ4n) is 2.20. The molecule has 2 aromatic rings. The van der Waals surface area contributed by atoms with Crippen molar-refractivity contribution in [1.29, 1.82) is 0 Å². The van der Waals surface area contributed by atoms with Crippen molar-refractivity contribution in [2.24, 2.45) is 5.73 Å². The van der Waals surface area contributed by atoms with Crippen molar-refractivity contribution in [3.05, 3.63) is 63.6 Å². The first-order valence-corrected chi connectivity index (χ1v) is 7.52. The third-order valence-corrected chi connectivity index (χ3v) is 4.25. The van der Waals surface area contributed by atoms with Crippen LogP contribution in [0.15, 0.2) is 46.9 Å². The minimum absolute atomic E-state index is 0.0833. The number of aryl methyl sites for hydroxylation is 2. The van der Waals surface area contributed by atoms with E-state index < -0.39 is 0 Å². The maximum atomic E-state index is 6.13. The van der Waals surface area contributed by atoms with Crippen molar-refractivity contribution in [3.63, 3.8) is 0 Å². The molecule has 2 rings (SSSR count). The van der Waals surface area contributed by atoms with Gasteiger partial charge < -0.3 is 10.5 Å². The van der Waals surface area contributed by atoms with Crippen LogP contribution < -0.4 is 10.5 Å². The number of hydrogen-bond donors (Lipinski definition) is 1. The largest absolute Gasteiger partial charge is 0.484 e. The molecule has 0 aliphatic carbocycles. The molecule has 0 aliphatic heterocycles. The van der Waals surface area contributed by atoms with E-state index >= 15 is 0 Å². The first-order valence-electron chi connectivity index (χ1n) is 6.73. The van der Waals surface area contributed by atoms with Gasteiger partial charge in [-0.2, -0.15) is 0 Å². The van der Waals surface area contributed by atoms with Gasteiger partial charge in [0.05, 0.1) is 0 Å². The summed E-state index contributed by atoms with van der Waals surface area (Å²) in [5, 5.41) is 0. The van der Waals surface area contributed by atoms with Gasteiger partial charge in [0.1, 0.15) is 11.9 Å². The molecule has 3 heteroatoms. The predicted octanol–water partition coefficient (Wildman–Crippen LogP) is 4.53. The number of rotatable bonds is 4. The Balaban J connectivity index is 2.31. The highest BCUT2D eigenvalue weighted by Gasteiger charge is 2.20. The minimum Gasteiger partial charge on any atom is -0.484 e. The van der Waals surface area contributed by atoms with Gasteiger partial charge in [0.2, 0.25) is 0 Å². The molecule has 20 heavy (non-hydrogen) atoms. The van der Waals surface area contributed by atoms with Crippen molar-refractivity contribution in [2.75, 3.05) is 0 Å². The monoisotopic (exact) mass is 333 g/mol. The molecule has 0 aliphatic rings. The van der Waals surface area contributed by atoms with E-state index in [-0.39, 0.29) is 12.1 Å². The number of hydrogen-bond acceptors (Lipinski definition) is 2. The lowest BCUT2D eigenvalue weighted by atomic mass is 9.99. The molecule has 0 fully saturated rings. The second kappa shape index (κ2) is 6.42. The molecule has 2 aromatic carbocycles. The molecule has 0 spiro atoms. The molecule has 2 unspecified atom stereocenters. The average Bonchev–Trinajstić information content (AvgIpc) is 2.41. The summed E-state index contributed by atoms with van der Waals surface area (Å²) in [4.78, 5) is 0. The minimum atomic E-state index is -0.142. The number of halogens is 1. The van der Waals surface area contributed by atoms with Crippen LogP contribution >= 0.6 is 15.9 Å². The van der Waals surface area contributed by atoms with Gasteiger partial charge in [0, 0.05) is 10.5 Å². The normalized spacial score (nSPS) is 13.8. The molecular formula is C17H20BrNO. The highest BCUT2D eigenvalue weighted by Crippen LogP contribution is 2.29. The fraction of sp³-hybridized carbons (Fsp3) is 0.294. The van der Waals surface area contributed by atoms with E-state index in [0.29, 0.717) is 0 Å². The van der Waals surface area contributed by atoms with Crippen molar-refractivity contribution in [1.82, 2.24) is 0 Å². The van der Waals surface area contributed by atoms with Crippen LogP contribution in [0.25, 0.3) is 0 Å². The van der Waals surface area contributed by atoms with Gasteiger partial charge in [-0.3, -0.25) is 0 Å². The molecule has 0 amide bonds. The zero-order chi connectivity index (χ0) is 14.7. The maximum absolute atomic E-state index is 6.13. The summed E-state index contributed by atoms with van der Waals surface area (Å²) in [7, 11) is 0. The van der Waals surface area contributed by atoms with Crippen LogP contribution in [0.3, 0.4) is 0 Å². The Morgan fingerprint density at radius 1 is 1.05 bits per heavy atom. The Morgan fingerprint density at radius 2 is 1.75 bits per heavy atom. The van der Waals surface area contributed by atoms with E-state index in [1.165, 1.54) is 5.56 Å². The van der Waals surface area contributed by atoms with Crippen LogP contribution in [0.1, 0.15) is 29.7 Å². The Kier molecular flexibility index (Phi) is 4.84. The highest BCUT2D eigenvalue weighted by atomic mass is 79.9. The molecular weight excluding hydrogens is 314 g/mol. The summed E-state index contributed by atoms with van der Waals surface area (Å²) in [6.07, 6.45) is -0.142. The lowest BCUT2D eigenvalue weighted by Crippen LogP contribution is -2.29. The molecule has 0 saturated carbocycles. The van der Waals surface area contributed by atoms with Crippen molar-refractivity contribution in [2.45, 2.75) is 32.9 Å². The Hall–Kier alpha value is -1.32. The van der Waals surface area contributed by atoms with E-state index in [4.69, 9.17) is 10.5 Å². The molecule has 0 radical (unpaired) electrons. The van der Waals surface area contributed by atoms with Gasteiger partial charge in [-0.25, -0.2) is 0 Å². The fourth-order valence-corrected chi connectivity index (χ4v) is 2.44. The second-order valence-electron chi connectivity index (χ2n) is 5.17. The Labute approximate surface area is 129 Å². The highest BCUT2D eigenvalue weighted by molar-refractivity contribution is 9.10. The van der Waals surface area contributed by atoms with E-state index in [9.17, 15) is 0 Å². The average molecular weight is 334 g/mol. The Bertz CT molecular complexity index is 595. The quantitative estimate of drug-likeness (QED) is 0.891. The Morgan fingerprint density at radius 3 is 2.35 bits per heavy atom. The molecule has 2 atom stereocenters. The molecule has 0 saturated heterocycles. The summed E-state index contributed by atoms with van der Waals surface area (Å²) in [6, 6.07) is 14.1. The van der Waals surface area contributed by atoms with Crippen LogP contribution in [0.5, 0.6) is 5.75 Å². The SMILES string of the molecule is Cc1cc(OC(c2ccccc2C)C(C)N)ccc1Br. The molecule has 2 nitrogen and oxygen atoms in total. The maximum Gasteiger partial charge on any atom is 0.139 e. The summed E-state index contributed by atoms with van der Waals surface area (Å²) >= 11 is 3.50. The van der Waals surface area contributed by atoms with Gasteiger partial charge in [-0.05, 0) is 55.7 Å². The molecule has 0 bridgehead atoms. The smallest absolute Gasteiger partial charge is 0.139 e. The van der Waals surface area contributed by atoms with Crippen molar-refractivity contribution in [3.8, 4) is 5.75 Å². The van der Waals surface area contributed by atoms with Crippen LogP contribution in [0.2, 0.25) is 0 Å². The molecule has 0 aromatic heterocycles. The third kappa shape index (κ3) is 3.41. The number of benzene rings is 2. The standard InChI is InChI=1S/C17H20BrNO/c1-11-6-4-5-7-15(11)17(13(3)19)20-14-8-9-16(18)12(2)10-14/h4-10,13,17H,19H2,1-3H3. The number of nitrogens with two attached hydrogens (primary N) is 1. The zero-order valence-corrected chi connectivity index (χ0v) is 13.6. The molecule has 106 valence electrons. The summed E-state index contributed by atoms with van der Waals surface area (Å²) in [5.74, 6) is 0.844.